The molecule has 4 heteroatoms. The molecule has 1 rings (SSSR count). The first kappa shape index (κ1) is 12.9. The zero-order valence-electron chi connectivity index (χ0n) is 5.07. The molecule has 0 aromatic carbocycles. The summed E-state index contributed by atoms with van der Waals surface area (Å²) in [6, 6.07) is 0. The van der Waals surface area contributed by atoms with E-state index >= 15 is 0 Å². The normalized spacial score (nSPS) is 15.2. The zero-order chi connectivity index (χ0) is 5.98. The molecular formula is C6H3BrF2Zn-. The van der Waals surface area contributed by atoms with Crippen molar-refractivity contribution in [1.29, 1.82) is 0 Å². The molecule has 0 saturated heterocycles. The minimum absolute atomic E-state index is 0. The van der Waals surface area contributed by atoms with Crippen LogP contribution in [0.4, 0.5) is 8.78 Å². The molecule has 1 aliphatic rings. The molecule has 1 radical (unpaired) electrons. The maximum atomic E-state index is 11.9. The van der Waals surface area contributed by atoms with Crippen molar-refractivity contribution in [2.75, 3.05) is 0 Å². The van der Waals surface area contributed by atoms with Crippen LogP contribution in [-0.4, -0.2) is 0 Å². The minimum atomic E-state index is -0.593. The van der Waals surface area contributed by atoms with Crippen molar-refractivity contribution in [3.63, 3.8) is 0 Å². The number of hydrogen-bond acceptors (Lipinski definition) is 0. The third-order valence-electron chi connectivity index (χ3n) is 0.718. The van der Waals surface area contributed by atoms with Gasteiger partial charge in [-0.3, -0.25) is 0 Å². The first-order valence-corrected chi connectivity index (χ1v) is 2.11. The van der Waals surface area contributed by atoms with Crippen LogP contribution in [0.1, 0.15) is 0 Å². The third-order valence-corrected chi connectivity index (χ3v) is 0.718. The second-order valence-electron chi connectivity index (χ2n) is 1.37. The van der Waals surface area contributed by atoms with Crippen LogP contribution < -0.4 is 17.0 Å². The Balaban J connectivity index is 0. The molecule has 0 saturated carbocycles. The van der Waals surface area contributed by atoms with Gasteiger partial charge in [0.1, 0.15) is 5.83 Å². The van der Waals surface area contributed by atoms with Crippen molar-refractivity contribution in [3.05, 3.63) is 36.0 Å². The molecule has 0 aromatic rings. The Morgan fingerprint density at radius 1 is 1.20 bits per heavy atom. The first-order valence-electron chi connectivity index (χ1n) is 2.11. The minimum Gasteiger partial charge on any atom is -1.00 e. The van der Waals surface area contributed by atoms with Gasteiger partial charge in [0.2, 0.25) is 0 Å². The largest absolute Gasteiger partial charge is 1.00 e. The number of rotatable bonds is 0. The predicted molar refractivity (Wildman–Crippen MR) is 26.2 cm³/mol. The van der Waals surface area contributed by atoms with Crippen molar-refractivity contribution >= 4 is 0 Å². The number of halogens is 3. The Labute approximate surface area is 81.2 Å². The van der Waals surface area contributed by atoms with Crippen LogP contribution in [-0.2, 0) is 19.5 Å². The Bertz CT molecular complexity index is 182. The van der Waals surface area contributed by atoms with Crippen LogP contribution >= 0.6 is 0 Å². The average molecular weight is 258 g/mol. The molecule has 0 N–H and O–H groups in total. The molecule has 0 unspecified atom stereocenters. The smallest absolute Gasteiger partial charge is 0.199 e. The average Bonchev–Trinajstić information content (AvgIpc) is 1.64. The van der Waals surface area contributed by atoms with E-state index in [2.05, 4.69) is 5.73 Å². The fourth-order valence-electron chi connectivity index (χ4n) is 0.416. The van der Waals surface area contributed by atoms with Gasteiger partial charge >= 0.3 is 0 Å². The van der Waals surface area contributed by atoms with Gasteiger partial charge in [-0.15, -0.1) is 5.73 Å². The van der Waals surface area contributed by atoms with Gasteiger partial charge in [-0.2, -0.15) is 0 Å². The van der Waals surface area contributed by atoms with Crippen molar-refractivity contribution in [3.8, 4) is 0 Å². The molecule has 10 heavy (non-hydrogen) atoms. The second kappa shape index (κ2) is 5.97. The summed E-state index contributed by atoms with van der Waals surface area (Å²) in [5.74, 6) is -0.593. The molecule has 0 amide bonds. The standard InChI is InChI=1S/C6H3F2.BrH.Zn/c7-5-2-1-3-6(8)4-5;;/h2-4H;1H;/p-1. The van der Waals surface area contributed by atoms with E-state index < -0.39 is 12.0 Å². The van der Waals surface area contributed by atoms with Gasteiger partial charge in [0.15, 0.2) is 6.17 Å². The maximum absolute atomic E-state index is 11.9. The molecule has 0 aromatic heterocycles. The molecular weight excluding hydrogens is 255 g/mol. The molecule has 0 bridgehead atoms. The summed E-state index contributed by atoms with van der Waals surface area (Å²) in [7, 11) is 0. The Hall–Kier alpha value is 0.223. The Morgan fingerprint density at radius 2 is 1.80 bits per heavy atom. The summed E-state index contributed by atoms with van der Waals surface area (Å²) in [6.45, 7) is 0. The van der Waals surface area contributed by atoms with Crippen LogP contribution in [0.3, 0.4) is 0 Å². The van der Waals surface area contributed by atoms with E-state index in [1.54, 1.807) is 0 Å². The summed E-state index contributed by atoms with van der Waals surface area (Å²) >= 11 is 0. The van der Waals surface area contributed by atoms with E-state index in [0.29, 0.717) is 0 Å². The molecule has 0 fully saturated rings. The van der Waals surface area contributed by atoms with E-state index in [4.69, 9.17) is 0 Å². The maximum Gasteiger partial charge on any atom is 0.199 e. The van der Waals surface area contributed by atoms with Crippen LogP contribution in [0.2, 0.25) is 0 Å². The van der Waals surface area contributed by atoms with E-state index in [1.807, 2.05) is 0 Å². The van der Waals surface area contributed by atoms with E-state index in [1.165, 1.54) is 0 Å². The van der Waals surface area contributed by atoms with Gasteiger partial charge in [-0.05, 0) is 6.08 Å². The SMILES string of the molecule is F[C]1C=C=CC(F)=C1.[Br-].[Zn]. The molecule has 0 heterocycles. The summed E-state index contributed by atoms with van der Waals surface area (Å²) < 4.78 is 23.8. The van der Waals surface area contributed by atoms with Gasteiger partial charge in [0.25, 0.3) is 0 Å². The third kappa shape index (κ3) is 4.11. The van der Waals surface area contributed by atoms with Gasteiger partial charge in [0.05, 0.1) is 0 Å². The van der Waals surface area contributed by atoms with Gasteiger partial charge in [-0.25, -0.2) is 8.78 Å². The summed E-state index contributed by atoms with van der Waals surface area (Å²) in [6.07, 6.45) is 2.35. The van der Waals surface area contributed by atoms with Crippen molar-refractivity contribution in [1.82, 2.24) is 0 Å². The van der Waals surface area contributed by atoms with Crippen LogP contribution in [0.25, 0.3) is 0 Å². The number of hydrogen-bond donors (Lipinski definition) is 0. The Morgan fingerprint density at radius 3 is 2.10 bits per heavy atom. The Kier molecular flexibility index (Phi) is 7.67. The van der Waals surface area contributed by atoms with Crippen LogP contribution in [0.5, 0.6) is 0 Å². The predicted octanol–water partition coefficient (Wildman–Crippen LogP) is -0.932. The number of allylic oxidation sites excluding steroid dienone is 3. The first-order chi connectivity index (χ1) is 3.79. The monoisotopic (exact) mass is 256 g/mol. The van der Waals surface area contributed by atoms with Crippen LogP contribution in [0.15, 0.2) is 29.8 Å². The molecule has 0 aliphatic heterocycles. The molecule has 0 nitrogen and oxygen atoms in total. The van der Waals surface area contributed by atoms with E-state index in [-0.39, 0.29) is 36.5 Å². The van der Waals surface area contributed by atoms with Crippen molar-refractivity contribution < 1.29 is 45.2 Å². The van der Waals surface area contributed by atoms with Gasteiger partial charge < -0.3 is 17.0 Å². The van der Waals surface area contributed by atoms with E-state index in [9.17, 15) is 8.78 Å². The summed E-state index contributed by atoms with van der Waals surface area (Å²) in [5, 5.41) is 0. The molecule has 0 spiro atoms. The summed E-state index contributed by atoms with van der Waals surface area (Å²) in [4.78, 5) is 0. The quantitative estimate of drug-likeness (QED) is 0.389. The van der Waals surface area contributed by atoms with Crippen molar-refractivity contribution in [2.45, 2.75) is 0 Å². The zero-order valence-corrected chi connectivity index (χ0v) is 9.63. The second-order valence-corrected chi connectivity index (χ2v) is 1.37. The van der Waals surface area contributed by atoms with E-state index in [0.717, 1.165) is 18.2 Å². The van der Waals surface area contributed by atoms with Crippen LogP contribution in [0, 0.1) is 6.17 Å². The molecule has 0 atom stereocenters. The molecule has 1 aliphatic carbocycles. The fraction of sp³-hybridized carbons (Fsp3) is 0. The topological polar surface area (TPSA) is 0 Å². The van der Waals surface area contributed by atoms with Crippen molar-refractivity contribution in [2.24, 2.45) is 0 Å². The van der Waals surface area contributed by atoms with Gasteiger partial charge in [0, 0.05) is 31.6 Å². The summed E-state index contributed by atoms with van der Waals surface area (Å²) in [5.41, 5.74) is 2.28. The molecule has 51 valence electrons. The fourth-order valence-corrected chi connectivity index (χ4v) is 0.416. The van der Waals surface area contributed by atoms with Gasteiger partial charge in [-0.1, -0.05) is 0 Å².